The number of furan rings is 1. The smallest absolute Gasteiger partial charge is 0.326 e. The van der Waals surface area contributed by atoms with Gasteiger partial charge in [-0.05, 0) is 24.3 Å². The number of fused-ring (bicyclic) bond motifs is 1. The van der Waals surface area contributed by atoms with E-state index in [1.165, 1.54) is 12.3 Å². The van der Waals surface area contributed by atoms with Crippen molar-refractivity contribution < 1.29 is 13.2 Å². The molecule has 0 radical (unpaired) electrons. The number of nitrogens with zero attached hydrogens (tertiary/aromatic N) is 1. The third-order valence-corrected chi connectivity index (χ3v) is 2.72. The fourth-order valence-corrected chi connectivity index (χ4v) is 1.90. The van der Waals surface area contributed by atoms with Crippen molar-refractivity contribution in [1.82, 2.24) is 9.55 Å². The molecule has 0 fully saturated rings. The molecule has 3 aromatic rings. The van der Waals surface area contributed by atoms with Gasteiger partial charge in [-0.1, -0.05) is 0 Å². The van der Waals surface area contributed by atoms with Crippen LogP contribution in [-0.2, 0) is 6.54 Å². The number of nitrogens with one attached hydrogen (secondary N) is 1. The molecule has 1 N–H and O–H groups in total. The molecule has 0 bridgehead atoms. The number of imidazole rings is 1. The maximum atomic E-state index is 13.7. The first-order valence-corrected chi connectivity index (χ1v) is 5.25. The van der Waals surface area contributed by atoms with Gasteiger partial charge in [-0.2, -0.15) is 0 Å². The maximum absolute atomic E-state index is 13.7. The van der Waals surface area contributed by atoms with Crippen LogP contribution in [0.2, 0.25) is 0 Å². The van der Waals surface area contributed by atoms with E-state index >= 15 is 0 Å². The normalized spacial score (nSPS) is 11.2. The molecule has 0 atom stereocenters. The molecule has 2 heterocycles. The molecule has 0 unspecified atom stereocenters. The van der Waals surface area contributed by atoms with E-state index in [4.69, 9.17) is 4.42 Å². The SMILES string of the molecule is O=c1[nH]c2ccc(F)c(F)c2n1Cc1ccco1. The van der Waals surface area contributed by atoms with E-state index in [9.17, 15) is 13.6 Å². The van der Waals surface area contributed by atoms with Gasteiger partial charge in [0.2, 0.25) is 0 Å². The van der Waals surface area contributed by atoms with E-state index < -0.39 is 17.3 Å². The maximum Gasteiger partial charge on any atom is 0.326 e. The van der Waals surface area contributed by atoms with Gasteiger partial charge >= 0.3 is 5.69 Å². The Morgan fingerprint density at radius 2 is 2.11 bits per heavy atom. The molecule has 0 spiro atoms. The third kappa shape index (κ3) is 1.54. The van der Waals surface area contributed by atoms with E-state index in [0.29, 0.717) is 5.76 Å². The van der Waals surface area contributed by atoms with Gasteiger partial charge in [0.15, 0.2) is 11.6 Å². The molecular weight excluding hydrogens is 242 g/mol. The molecule has 1 aromatic carbocycles. The van der Waals surface area contributed by atoms with Gasteiger partial charge in [0.1, 0.15) is 11.3 Å². The number of benzene rings is 1. The van der Waals surface area contributed by atoms with Crippen LogP contribution < -0.4 is 5.69 Å². The van der Waals surface area contributed by atoms with Crippen LogP contribution in [0.4, 0.5) is 8.78 Å². The Labute approximate surface area is 99.5 Å². The Morgan fingerprint density at radius 3 is 2.83 bits per heavy atom. The van der Waals surface area contributed by atoms with Crippen LogP contribution in [0.5, 0.6) is 0 Å². The third-order valence-electron chi connectivity index (χ3n) is 2.72. The first kappa shape index (κ1) is 10.8. The van der Waals surface area contributed by atoms with Crippen molar-refractivity contribution in [3.63, 3.8) is 0 Å². The van der Waals surface area contributed by atoms with Gasteiger partial charge in [0.25, 0.3) is 0 Å². The van der Waals surface area contributed by atoms with Crippen LogP contribution in [0.25, 0.3) is 11.0 Å². The van der Waals surface area contributed by atoms with Gasteiger partial charge in [-0.3, -0.25) is 4.57 Å². The molecule has 18 heavy (non-hydrogen) atoms. The van der Waals surface area contributed by atoms with Crippen LogP contribution in [0, 0.1) is 11.6 Å². The van der Waals surface area contributed by atoms with E-state index in [1.807, 2.05) is 0 Å². The van der Waals surface area contributed by atoms with E-state index in [2.05, 4.69) is 4.98 Å². The number of halogens is 2. The van der Waals surface area contributed by atoms with Crippen LogP contribution >= 0.6 is 0 Å². The monoisotopic (exact) mass is 250 g/mol. The average Bonchev–Trinajstić information content (AvgIpc) is 2.94. The summed E-state index contributed by atoms with van der Waals surface area (Å²) >= 11 is 0. The quantitative estimate of drug-likeness (QED) is 0.758. The highest BCUT2D eigenvalue weighted by molar-refractivity contribution is 5.76. The van der Waals surface area contributed by atoms with Crippen molar-refractivity contribution in [2.75, 3.05) is 0 Å². The predicted octanol–water partition coefficient (Wildman–Crippen LogP) is 2.25. The molecule has 0 saturated carbocycles. The molecule has 0 aliphatic carbocycles. The summed E-state index contributed by atoms with van der Waals surface area (Å²) in [7, 11) is 0. The molecule has 92 valence electrons. The highest BCUT2D eigenvalue weighted by Crippen LogP contribution is 2.18. The second-order valence-corrected chi connectivity index (χ2v) is 3.85. The summed E-state index contributed by atoms with van der Waals surface area (Å²) in [5.41, 5.74) is -0.340. The van der Waals surface area contributed by atoms with Crippen LogP contribution in [0.15, 0.2) is 39.7 Å². The van der Waals surface area contributed by atoms with E-state index in [0.717, 1.165) is 10.6 Å². The summed E-state index contributed by atoms with van der Waals surface area (Å²) in [4.78, 5) is 14.2. The number of hydrogen-bond acceptors (Lipinski definition) is 2. The zero-order valence-electron chi connectivity index (χ0n) is 9.11. The van der Waals surface area contributed by atoms with Gasteiger partial charge in [0, 0.05) is 0 Å². The summed E-state index contributed by atoms with van der Waals surface area (Å²) < 4.78 is 33.1. The fourth-order valence-electron chi connectivity index (χ4n) is 1.90. The molecule has 3 rings (SSSR count). The topological polar surface area (TPSA) is 50.9 Å². The first-order valence-electron chi connectivity index (χ1n) is 5.25. The van der Waals surface area contributed by atoms with Gasteiger partial charge in [-0.15, -0.1) is 0 Å². The molecule has 0 saturated heterocycles. The molecule has 6 heteroatoms. The summed E-state index contributed by atoms with van der Waals surface area (Å²) in [6.07, 6.45) is 1.45. The van der Waals surface area contributed by atoms with Gasteiger partial charge in [-0.25, -0.2) is 13.6 Å². The van der Waals surface area contributed by atoms with Crippen molar-refractivity contribution in [3.05, 3.63) is 58.4 Å². The minimum atomic E-state index is -1.04. The second-order valence-electron chi connectivity index (χ2n) is 3.85. The van der Waals surface area contributed by atoms with Gasteiger partial charge < -0.3 is 9.40 Å². The molecule has 0 amide bonds. The number of aromatic nitrogens is 2. The van der Waals surface area contributed by atoms with Crippen molar-refractivity contribution in [2.24, 2.45) is 0 Å². The zero-order chi connectivity index (χ0) is 12.7. The number of hydrogen-bond donors (Lipinski definition) is 1. The van der Waals surface area contributed by atoms with E-state index in [-0.39, 0.29) is 17.6 Å². The van der Waals surface area contributed by atoms with Crippen molar-refractivity contribution in [3.8, 4) is 0 Å². The predicted molar refractivity (Wildman–Crippen MR) is 60.3 cm³/mol. The summed E-state index contributed by atoms with van der Waals surface area (Å²) in [5, 5.41) is 0. The lowest BCUT2D eigenvalue weighted by Crippen LogP contribution is -2.17. The minimum absolute atomic E-state index is 0.0478. The molecule has 0 aliphatic rings. The Morgan fingerprint density at radius 1 is 1.28 bits per heavy atom. The number of rotatable bonds is 2. The van der Waals surface area contributed by atoms with Gasteiger partial charge in [0.05, 0.1) is 18.3 Å². The minimum Gasteiger partial charge on any atom is -0.467 e. The first-order chi connectivity index (χ1) is 8.66. The van der Waals surface area contributed by atoms with E-state index in [1.54, 1.807) is 12.1 Å². The zero-order valence-corrected chi connectivity index (χ0v) is 9.11. The number of aromatic amines is 1. The van der Waals surface area contributed by atoms with Crippen molar-refractivity contribution in [2.45, 2.75) is 6.54 Å². The Hall–Kier alpha value is -2.37. The standard InChI is InChI=1S/C12H8F2N2O2/c13-8-3-4-9-11(10(8)14)16(12(17)15-9)6-7-2-1-5-18-7/h1-5H,6H2,(H,15,17). The molecule has 0 aliphatic heterocycles. The summed E-state index contributed by atoms with van der Waals surface area (Å²) in [6.45, 7) is 0.0478. The van der Waals surface area contributed by atoms with Crippen molar-refractivity contribution in [1.29, 1.82) is 0 Å². The number of H-pyrrole nitrogens is 1. The highest BCUT2D eigenvalue weighted by atomic mass is 19.2. The van der Waals surface area contributed by atoms with Crippen LogP contribution in [0.1, 0.15) is 5.76 Å². The molecule has 4 nitrogen and oxygen atoms in total. The lowest BCUT2D eigenvalue weighted by Gasteiger charge is -2.02. The summed E-state index contributed by atoms with van der Waals surface area (Å²) in [5.74, 6) is -1.55. The second kappa shape index (κ2) is 3.83. The molecular formula is C12H8F2N2O2. The Bertz CT molecular complexity index is 756. The van der Waals surface area contributed by atoms with Crippen molar-refractivity contribution >= 4 is 11.0 Å². The lowest BCUT2D eigenvalue weighted by atomic mass is 10.3. The highest BCUT2D eigenvalue weighted by Gasteiger charge is 2.15. The fraction of sp³-hybridized carbons (Fsp3) is 0.0833. The van der Waals surface area contributed by atoms with Crippen LogP contribution in [0.3, 0.4) is 0 Å². The Kier molecular flexibility index (Phi) is 2.29. The average molecular weight is 250 g/mol. The lowest BCUT2D eigenvalue weighted by molar-refractivity contribution is 0.486. The molecule has 2 aromatic heterocycles. The summed E-state index contributed by atoms with van der Waals surface area (Å²) in [6, 6.07) is 5.62. The van der Waals surface area contributed by atoms with Crippen LogP contribution in [-0.4, -0.2) is 9.55 Å². The largest absolute Gasteiger partial charge is 0.467 e. The Balaban J connectivity index is 2.24.